The number of hydrogen-bond acceptors (Lipinski definition) is 3. The van der Waals surface area contributed by atoms with Crippen LogP contribution in [0.3, 0.4) is 0 Å². The van der Waals surface area contributed by atoms with Crippen molar-refractivity contribution in [2.75, 3.05) is 12.4 Å². The average molecular weight is 378 g/mol. The summed E-state index contributed by atoms with van der Waals surface area (Å²) in [6.45, 7) is 2.16. The molecule has 4 nitrogen and oxygen atoms in total. The van der Waals surface area contributed by atoms with Crippen LogP contribution in [-0.4, -0.2) is 18.0 Å². The third-order valence-corrected chi connectivity index (χ3v) is 4.49. The summed E-state index contributed by atoms with van der Waals surface area (Å²) in [7, 11) is 1.52. The first-order valence-electron chi connectivity index (χ1n) is 9.31. The lowest BCUT2D eigenvalue weighted by Gasteiger charge is -2.09. The maximum absolute atomic E-state index is 13.6. The largest absolute Gasteiger partial charge is 0.496 e. The van der Waals surface area contributed by atoms with Gasteiger partial charge in [-0.25, -0.2) is 4.39 Å². The zero-order valence-electron chi connectivity index (χ0n) is 16.0. The molecule has 1 heterocycles. The van der Waals surface area contributed by atoms with Gasteiger partial charge in [0.25, 0.3) is 5.91 Å². The predicted octanol–water partition coefficient (Wildman–Crippen LogP) is 5.49. The normalized spacial score (nSPS) is 10.5. The maximum atomic E-state index is 13.6. The summed E-state index contributed by atoms with van der Waals surface area (Å²) in [5, 5.41) is 2.87. The molecule has 144 valence electrons. The van der Waals surface area contributed by atoms with Gasteiger partial charge in [0.05, 0.1) is 18.4 Å². The van der Waals surface area contributed by atoms with Crippen LogP contribution in [0.25, 0.3) is 11.3 Å². The number of rotatable bonds is 7. The number of benzene rings is 2. The lowest BCUT2D eigenvalue weighted by molar-refractivity contribution is 0.102. The Labute approximate surface area is 164 Å². The van der Waals surface area contributed by atoms with E-state index in [1.165, 1.54) is 31.0 Å². The molecule has 0 saturated carbocycles. The van der Waals surface area contributed by atoms with E-state index >= 15 is 0 Å². The van der Waals surface area contributed by atoms with Crippen molar-refractivity contribution in [3.63, 3.8) is 0 Å². The standard InChI is InChI=1S/C23H23FN2O2/c1-3-4-5-16-6-10-19(11-7-16)26-23(27)17-8-12-21(25-15-17)20-14-18(24)9-13-22(20)28-2/h6-15H,3-5H2,1-2H3,(H,26,27). The van der Waals surface area contributed by atoms with Gasteiger partial charge >= 0.3 is 0 Å². The van der Waals surface area contributed by atoms with Crippen molar-refractivity contribution in [2.45, 2.75) is 26.2 Å². The van der Waals surface area contributed by atoms with Gasteiger partial charge in [0, 0.05) is 17.4 Å². The van der Waals surface area contributed by atoms with E-state index in [0.29, 0.717) is 22.6 Å². The van der Waals surface area contributed by atoms with E-state index in [1.807, 2.05) is 24.3 Å². The fraction of sp³-hybridized carbons (Fsp3) is 0.217. The quantitative estimate of drug-likeness (QED) is 0.591. The van der Waals surface area contributed by atoms with Crippen LogP contribution in [0.1, 0.15) is 35.7 Å². The molecule has 0 bridgehead atoms. The van der Waals surface area contributed by atoms with Crippen LogP contribution in [0, 0.1) is 5.82 Å². The first kappa shape index (κ1) is 19.5. The highest BCUT2D eigenvalue weighted by atomic mass is 19.1. The van der Waals surface area contributed by atoms with Crippen molar-refractivity contribution in [2.24, 2.45) is 0 Å². The van der Waals surface area contributed by atoms with Crippen molar-refractivity contribution in [3.8, 4) is 17.0 Å². The Bertz CT molecular complexity index is 938. The van der Waals surface area contributed by atoms with Crippen LogP contribution < -0.4 is 10.1 Å². The Kier molecular flexibility index (Phi) is 6.37. The highest BCUT2D eigenvalue weighted by Crippen LogP contribution is 2.29. The van der Waals surface area contributed by atoms with Crippen LogP contribution in [0.4, 0.5) is 10.1 Å². The monoisotopic (exact) mass is 378 g/mol. The number of hydrogen-bond donors (Lipinski definition) is 1. The molecular formula is C23H23FN2O2. The second-order valence-electron chi connectivity index (χ2n) is 6.53. The van der Waals surface area contributed by atoms with Gasteiger partial charge in [0.15, 0.2) is 0 Å². The number of ether oxygens (including phenoxy) is 1. The molecule has 28 heavy (non-hydrogen) atoms. The van der Waals surface area contributed by atoms with Gasteiger partial charge in [-0.15, -0.1) is 0 Å². The Balaban J connectivity index is 1.71. The highest BCUT2D eigenvalue weighted by Gasteiger charge is 2.11. The number of aryl methyl sites for hydroxylation is 1. The smallest absolute Gasteiger partial charge is 0.257 e. The minimum Gasteiger partial charge on any atom is -0.496 e. The van der Waals surface area contributed by atoms with Crippen molar-refractivity contribution >= 4 is 11.6 Å². The van der Waals surface area contributed by atoms with Gasteiger partial charge in [0.2, 0.25) is 0 Å². The Morgan fingerprint density at radius 3 is 2.54 bits per heavy atom. The van der Waals surface area contributed by atoms with Gasteiger partial charge < -0.3 is 10.1 Å². The predicted molar refractivity (Wildman–Crippen MR) is 109 cm³/mol. The number of nitrogens with one attached hydrogen (secondary N) is 1. The first-order chi connectivity index (χ1) is 13.6. The van der Waals surface area contributed by atoms with Crippen molar-refractivity contribution in [1.29, 1.82) is 0 Å². The van der Waals surface area contributed by atoms with Crippen molar-refractivity contribution < 1.29 is 13.9 Å². The number of halogens is 1. The fourth-order valence-corrected chi connectivity index (χ4v) is 2.91. The van der Waals surface area contributed by atoms with E-state index in [1.54, 1.807) is 18.2 Å². The van der Waals surface area contributed by atoms with Crippen LogP contribution in [-0.2, 0) is 6.42 Å². The fourth-order valence-electron chi connectivity index (χ4n) is 2.91. The van der Waals surface area contributed by atoms with E-state index in [9.17, 15) is 9.18 Å². The lowest BCUT2D eigenvalue weighted by Crippen LogP contribution is -2.12. The summed E-state index contributed by atoms with van der Waals surface area (Å²) in [5.41, 5.74) is 3.50. The van der Waals surface area contributed by atoms with Crippen LogP contribution in [0.15, 0.2) is 60.8 Å². The van der Waals surface area contributed by atoms with Gasteiger partial charge in [-0.2, -0.15) is 0 Å². The molecule has 2 aromatic carbocycles. The van der Waals surface area contributed by atoms with E-state index < -0.39 is 0 Å². The number of pyridine rings is 1. The number of methoxy groups -OCH3 is 1. The number of amides is 1. The Hall–Kier alpha value is -3.21. The molecule has 0 radical (unpaired) electrons. The molecule has 3 aromatic rings. The highest BCUT2D eigenvalue weighted by molar-refractivity contribution is 6.04. The van der Waals surface area contributed by atoms with E-state index in [4.69, 9.17) is 4.74 Å². The van der Waals surface area contributed by atoms with Gasteiger partial charge in [0.1, 0.15) is 11.6 Å². The molecule has 0 fully saturated rings. The average Bonchev–Trinajstić information content (AvgIpc) is 2.73. The van der Waals surface area contributed by atoms with E-state index in [0.717, 1.165) is 24.9 Å². The minimum atomic E-state index is -0.373. The van der Waals surface area contributed by atoms with Crippen LogP contribution in [0.5, 0.6) is 5.75 Å². The van der Waals surface area contributed by atoms with Crippen molar-refractivity contribution in [1.82, 2.24) is 4.98 Å². The third-order valence-electron chi connectivity index (χ3n) is 4.49. The number of carbonyl (C=O) groups is 1. The summed E-state index contributed by atoms with van der Waals surface area (Å²) >= 11 is 0. The van der Waals surface area contributed by atoms with Crippen LogP contribution in [0.2, 0.25) is 0 Å². The van der Waals surface area contributed by atoms with Gasteiger partial charge in [-0.05, 0) is 60.9 Å². The first-order valence-corrected chi connectivity index (χ1v) is 9.31. The molecule has 0 aliphatic heterocycles. The third kappa shape index (κ3) is 4.74. The van der Waals surface area contributed by atoms with E-state index in [-0.39, 0.29) is 11.7 Å². The Morgan fingerprint density at radius 2 is 1.89 bits per heavy atom. The summed E-state index contributed by atoms with van der Waals surface area (Å²) in [6, 6.07) is 15.5. The minimum absolute atomic E-state index is 0.244. The summed E-state index contributed by atoms with van der Waals surface area (Å²) in [5.74, 6) is -0.0948. The molecule has 1 N–H and O–H groups in total. The molecular weight excluding hydrogens is 355 g/mol. The number of aromatic nitrogens is 1. The zero-order valence-corrected chi connectivity index (χ0v) is 16.0. The molecule has 3 rings (SSSR count). The molecule has 0 unspecified atom stereocenters. The van der Waals surface area contributed by atoms with Crippen molar-refractivity contribution in [3.05, 3.63) is 77.7 Å². The molecule has 0 spiro atoms. The topological polar surface area (TPSA) is 51.2 Å². The molecule has 1 amide bonds. The molecule has 0 aliphatic rings. The van der Waals surface area contributed by atoms with Gasteiger partial charge in [-0.3, -0.25) is 9.78 Å². The number of nitrogens with zero attached hydrogens (tertiary/aromatic N) is 1. The van der Waals surface area contributed by atoms with Gasteiger partial charge in [-0.1, -0.05) is 25.5 Å². The van der Waals surface area contributed by atoms with E-state index in [2.05, 4.69) is 17.2 Å². The van der Waals surface area contributed by atoms with Crippen LogP contribution >= 0.6 is 0 Å². The lowest BCUT2D eigenvalue weighted by atomic mass is 10.1. The summed E-state index contributed by atoms with van der Waals surface area (Å²) in [6.07, 6.45) is 4.83. The number of unbranched alkanes of at least 4 members (excludes halogenated alkanes) is 1. The second-order valence-corrected chi connectivity index (χ2v) is 6.53. The molecule has 1 aromatic heterocycles. The molecule has 0 aliphatic carbocycles. The molecule has 0 saturated heterocycles. The molecule has 0 atom stereocenters. The second kappa shape index (κ2) is 9.13. The Morgan fingerprint density at radius 1 is 1.11 bits per heavy atom. The summed E-state index contributed by atoms with van der Waals surface area (Å²) in [4.78, 5) is 16.8. The SMILES string of the molecule is CCCCc1ccc(NC(=O)c2ccc(-c3cc(F)ccc3OC)nc2)cc1. The molecule has 5 heteroatoms. The zero-order chi connectivity index (χ0) is 19.9. The maximum Gasteiger partial charge on any atom is 0.257 e. The summed E-state index contributed by atoms with van der Waals surface area (Å²) < 4.78 is 18.8. The number of anilines is 1. The number of carbonyl (C=O) groups excluding carboxylic acids is 1.